The van der Waals surface area contributed by atoms with E-state index in [-0.39, 0.29) is 13.2 Å². The molecule has 1 unspecified atom stereocenters. The van der Waals surface area contributed by atoms with Gasteiger partial charge >= 0.3 is 7.82 Å². The lowest BCUT2D eigenvalue weighted by Crippen LogP contribution is -2.18. The van der Waals surface area contributed by atoms with Crippen molar-refractivity contribution in [1.82, 2.24) is 5.32 Å². The second-order valence-corrected chi connectivity index (χ2v) is 5.40. The van der Waals surface area contributed by atoms with Gasteiger partial charge in [-0.15, -0.1) is 11.6 Å². The van der Waals surface area contributed by atoms with Gasteiger partial charge in [-0.2, -0.15) is 0 Å². The number of unbranched alkanes of at least 4 members (excludes halogenated alkanes) is 2. The van der Waals surface area contributed by atoms with Gasteiger partial charge < -0.3 is 10.2 Å². The molecule has 0 amide bonds. The Kier molecular flexibility index (Phi) is 11.7. The summed E-state index contributed by atoms with van der Waals surface area (Å²) >= 11 is 5.55. The van der Waals surface area contributed by atoms with E-state index in [2.05, 4.69) is 9.84 Å². The molecule has 0 aromatic carbocycles. The molecule has 7 heteroatoms. The first-order valence-electron chi connectivity index (χ1n) is 6.01. The molecule has 0 aliphatic heterocycles. The molecular weight excluding hydrogens is 265 g/mol. The summed E-state index contributed by atoms with van der Waals surface area (Å²) in [6.07, 6.45) is 3.97. The predicted octanol–water partition coefficient (Wildman–Crippen LogP) is 2.53. The van der Waals surface area contributed by atoms with Crippen LogP contribution in [0.3, 0.4) is 0 Å². The second-order valence-electron chi connectivity index (χ2n) is 3.57. The van der Waals surface area contributed by atoms with Crippen LogP contribution in [-0.2, 0) is 13.6 Å². The minimum Gasteiger partial charge on any atom is -0.317 e. The van der Waals surface area contributed by atoms with E-state index in [1.54, 1.807) is 6.92 Å². The van der Waals surface area contributed by atoms with Gasteiger partial charge in [0.2, 0.25) is 0 Å². The third-order valence-corrected chi connectivity index (χ3v) is 3.39. The third-order valence-electron chi connectivity index (χ3n) is 2.03. The quantitative estimate of drug-likeness (QED) is 0.328. The first-order valence-corrected chi connectivity index (χ1v) is 8.04. The van der Waals surface area contributed by atoms with E-state index < -0.39 is 7.82 Å². The minimum absolute atomic E-state index is 0.173. The normalized spacial score (nSPS) is 14.8. The summed E-state index contributed by atoms with van der Waals surface area (Å²) in [5.41, 5.74) is 0. The molecule has 0 aliphatic carbocycles. The summed E-state index contributed by atoms with van der Waals surface area (Å²) < 4.78 is 20.4. The second kappa shape index (κ2) is 11.5. The highest BCUT2D eigenvalue weighted by Crippen LogP contribution is 2.42. The number of phosphoric acid groups is 1. The Morgan fingerprint density at radius 3 is 2.53 bits per heavy atom. The van der Waals surface area contributed by atoms with Crippen LogP contribution in [0.1, 0.15) is 32.6 Å². The van der Waals surface area contributed by atoms with Gasteiger partial charge in [0.1, 0.15) is 0 Å². The van der Waals surface area contributed by atoms with Crippen molar-refractivity contribution in [3.05, 3.63) is 0 Å². The van der Waals surface area contributed by atoms with E-state index in [1.165, 1.54) is 0 Å². The fourth-order valence-electron chi connectivity index (χ4n) is 1.22. The lowest BCUT2D eigenvalue weighted by Gasteiger charge is -2.10. The van der Waals surface area contributed by atoms with Crippen molar-refractivity contribution in [1.29, 1.82) is 0 Å². The fraction of sp³-hybridized carbons (Fsp3) is 1.00. The van der Waals surface area contributed by atoms with E-state index in [4.69, 9.17) is 21.0 Å². The molecule has 0 heterocycles. The summed E-state index contributed by atoms with van der Waals surface area (Å²) in [6.45, 7) is 3.76. The van der Waals surface area contributed by atoms with Crippen LogP contribution in [0.15, 0.2) is 0 Å². The molecule has 0 fully saturated rings. The van der Waals surface area contributed by atoms with Crippen LogP contribution in [0.5, 0.6) is 0 Å². The van der Waals surface area contributed by atoms with Crippen LogP contribution in [0.25, 0.3) is 0 Å². The molecule has 104 valence electrons. The molecule has 1 atom stereocenters. The van der Waals surface area contributed by atoms with Gasteiger partial charge in [0, 0.05) is 5.88 Å². The number of alkyl halides is 1. The molecule has 0 radical (unpaired) electrons. The number of hydrogen-bond donors (Lipinski definition) is 2. The zero-order valence-electron chi connectivity index (χ0n) is 10.4. The average Bonchev–Trinajstić information content (AvgIpc) is 2.27. The Hall–Kier alpha value is 0.360. The van der Waals surface area contributed by atoms with E-state index in [0.717, 1.165) is 38.2 Å². The van der Waals surface area contributed by atoms with Gasteiger partial charge in [-0.25, -0.2) is 4.57 Å². The lowest BCUT2D eigenvalue weighted by atomic mass is 10.2. The Morgan fingerprint density at radius 2 is 1.88 bits per heavy atom. The Balaban J connectivity index is 3.21. The molecular formula is C10H23ClNO4P. The van der Waals surface area contributed by atoms with Gasteiger partial charge in [0.15, 0.2) is 0 Å². The molecule has 0 saturated heterocycles. The maximum absolute atomic E-state index is 11.1. The molecule has 0 aromatic heterocycles. The molecule has 0 aliphatic rings. The number of hydrogen-bond acceptors (Lipinski definition) is 4. The lowest BCUT2D eigenvalue weighted by molar-refractivity contribution is 0.154. The zero-order valence-corrected chi connectivity index (χ0v) is 12.0. The molecule has 0 rings (SSSR count). The minimum atomic E-state index is -3.81. The summed E-state index contributed by atoms with van der Waals surface area (Å²) in [7, 11) is -3.81. The fourth-order valence-corrected chi connectivity index (χ4v) is 2.17. The van der Waals surface area contributed by atoms with E-state index in [0.29, 0.717) is 6.42 Å². The summed E-state index contributed by atoms with van der Waals surface area (Å²) in [6, 6.07) is 0. The molecule has 17 heavy (non-hydrogen) atoms. The monoisotopic (exact) mass is 287 g/mol. The highest BCUT2D eigenvalue weighted by molar-refractivity contribution is 7.47. The average molecular weight is 288 g/mol. The number of halogens is 1. The smallest absolute Gasteiger partial charge is 0.317 e. The van der Waals surface area contributed by atoms with Gasteiger partial charge in [0.25, 0.3) is 0 Å². The number of phosphoric ester groups is 1. The maximum Gasteiger partial charge on any atom is 0.472 e. The topological polar surface area (TPSA) is 67.8 Å². The molecule has 0 aromatic rings. The van der Waals surface area contributed by atoms with Gasteiger partial charge in [-0.05, 0) is 39.3 Å². The summed E-state index contributed by atoms with van der Waals surface area (Å²) in [4.78, 5) is 9.09. The van der Waals surface area contributed by atoms with Gasteiger partial charge in [-0.3, -0.25) is 9.05 Å². The molecule has 0 saturated carbocycles. The third kappa shape index (κ3) is 12.6. The van der Waals surface area contributed by atoms with Crippen LogP contribution < -0.4 is 5.32 Å². The van der Waals surface area contributed by atoms with Crippen molar-refractivity contribution in [2.75, 3.05) is 32.2 Å². The zero-order chi connectivity index (χ0) is 13.0. The molecule has 2 N–H and O–H groups in total. The number of rotatable bonds is 12. The van der Waals surface area contributed by atoms with Gasteiger partial charge in [0.05, 0.1) is 13.2 Å². The highest BCUT2D eigenvalue weighted by Gasteiger charge is 2.18. The van der Waals surface area contributed by atoms with E-state index in [1.807, 2.05) is 0 Å². The Labute approximate surface area is 108 Å². The molecule has 0 spiro atoms. The van der Waals surface area contributed by atoms with Crippen molar-refractivity contribution in [3.8, 4) is 0 Å². The van der Waals surface area contributed by atoms with Crippen molar-refractivity contribution in [2.24, 2.45) is 0 Å². The number of nitrogens with one attached hydrogen (secondary N) is 1. The summed E-state index contributed by atoms with van der Waals surface area (Å²) in [5, 5.41) is 3.23. The largest absolute Gasteiger partial charge is 0.472 e. The first-order chi connectivity index (χ1) is 8.12. The van der Waals surface area contributed by atoms with Gasteiger partial charge in [-0.1, -0.05) is 6.42 Å². The Morgan fingerprint density at radius 1 is 1.18 bits per heavy atom. The van der Waals surface area contributed by atoms with Crippen molar-refractivity contribution in [3.63, 3.8) is 0 Å². The standard InChI is InChI=1S/C10H23ClNO4P/c1-2-15-17(13,14)16-10-6-9-12-8-5-3-4-7-11/h12H,2-10H2,1H3,(H,13,14). The SMILES string of the molecule is CCOP(=O)(O)OCCCNCCCCCCl. The van der Waals surface area contributed by atoms with E-state index >= 15 is 0 Å². The maximum atomic E-state index is 11.1. The molecule has 0 bridgehead atoms. The Bertz CT molecular complexity index is 218. The van der Waals surface area contributed by atoms with E-state index in [9.17, 15) is 4.57 Å². The van der Waals surface area contributed by atoms with Crippen LogP contribution >= 0.6 is 19.4 Å². The van der Waals surface area contributed by atoms with Crippen LogP contribution in [0.2, 0.25) is 0 Å². The van der Waals surface area contributed by atoms with Crippen LogP contribution in [-0.4, -0.2) is 37.1 Å². The molecule has 5 nitrogen and oxygen atoms in total. The van der Waals surface area contributed by atoms with Crippen molar-refractivity contribution >= 4 is 19.4 Å². The summed E-state index contributed by atoms with van der Waals surface area (Å²) in [5.74, 6) is 0.719. The first kappa shape index (κ1) is 17.4. The van der Waals surface area contributed by atoms with Crippen LogP contribution in [0.4, 0.5) is 0 Å². The predicted molar refractivity (Wildman–Crippen MR) is 69.5 cm³/mol. The van der Waals surface area contributed by atoms with Crippen molar-refractivity contribution in [2.45, 2.75) is 32.6 Å². The van der Waals surface area contributed by atoms with Crippen LogP contribution in [0, 0.1) is 0 Å². The van der Waals surface area contributed by atoms with Crippen molar-refractivity contribution < 1.29 is 18.5 Å². The highest BCUT2D eigenvalue weighted by atomic mass is 35.5.